The molecule has 1 aliphatic carbocycles. The van der Waals surface area contributed by atoms with Crippen LogP contribution in [0.2, 0.25) is 0 Å². The Morgan fingerprint density at radius 3 is 2.68 bits per heavy atom. The maximum atomic E-state index is 12.6. The minimum atomic E-state index is -0.407. The number of methoxy groups -OCH3 is 1. The van der Waals surface area contributed by atoms with E-state index in [1.54, 1.807) is 18.2 Å². The van der Waals surface area contributed by atoms with E-state index in [4.69, 9.17) is 20.9 Å². The van der Waals surface area contributed by atoms with Crippen molar-refractivity contribution in [2.45, 2.75) is 25.3 Å². The van der Waals surface area contributed by atoms with E-state index < -0.39 is 11.8 Å². The van der Waals surface area contributed by atoms with Crippen LogP contribution in [0.1, 0.15) is 29.6 Å². The van der Waals surface area contributed by atoms with E-state index in [0.717, 1.165) is 0 Å². The molecule has 7 heteroatoms. The fourth-order valence-electron chi connectivity index (χ4n) is 2.74. The fraction of sp³-hybridized carbons (Fsp3) is 0.444. The average molecular weight is 347 g/mol. The van der Waals surface area contributed by atoms with Crippen LogP contribution >= 0.6 is 0 Å². The minimum absolute atomic E-state index is 0.280. The molecule has 0 spiro atoms. The van der Waals surface area contributed by atoms with E-state index in [9.17, 15) is 9.59 Å². The van der Waals surface area contributed by atoms with Crippen LogP contribution in [0.3, 0.4) is 0 Å². The van der Waals surface area contributed by atoms with Gasteiger partial charge in [-0.3, -0.25) is 9.59 Å². The van der Waals surface area contributed by atoms with Gasteiger partial charge in [0.05, 0.1) is 19.6 Å². The molecule has 7 nitrogen and oxygen atoms in total. The number of nitrogens with one attached hydrogen (secondary N) is 1. The normalized spacial score (nSPS) is 19.3. The van der Waals surface area contributed by atoms with Gasteiger partial charge in [-0.1, -0.05) is 12.2 Å². The van der Waals surface area contributed by atoms with E-state index in [2.05, 4.69) is 5.32 Å². The van der Waals surface area contributed by atoms with Gasteiger partial charge in [-0.25, -0.2) is 0 Å². The zero-order valence-electron chi connectivity index (χ0n) is 14.4. The standard InChI is InChI=1S/C18H25N3O4/c1-24-15-8-7-12(11-16(15)25-10-4-9-19)18(23)21-14-6-3-2-5-13(14)17(20)22/h2-3,7-8,11,13-14H,4-6,9-10,19H2,1H3,(H2,20,22)(H,21,23)/t13-,14-/m1/s1. The summed E-state index contributed by atoms with van der Waals surface area (Å²) >= 11 is 0. The van der Waals surface area contributed by atoms with E-state index in [0.29, 0.717) is 49.5 Å². The quantitative estimate of drug-likeness (QED) is 0.478. The lowest BCUT2D eigenvalue weighted by atomic mass is 9.88. The summed E-state index contributed by atoms with van der Waals surface area (Å²) in [4.78, 5) is 24.1. The van der Waals surface area contributed by atoms with Gasteiger partial charge in [-0.05, 0) is 44.0 Å². The van der Waals surface area contributed by atoms with Gasteiger partial charge in [0.15, 0.2) is 11.5 Å². The zero-order valence-corrected chi connectivity index (χ0v) is 14.4. The molecule has 5 N–H and O–H groups in total. The summed E-state index contributed by atoms with van der Waals surface area (Å²) in [7, 11) is 1.54. The van der Waals surface area contributed by atoms with Gasteiger partial charge in [0.2, 0.25) is 5.91 Å². The first-order chi connectivity index (χ1) is 12.1. The molecule has 1 aliphatic rings. The summed E-state index contributed by atoms with van der Waals surface area (Å²) in [5.41, 5.74) is 11.3. The van der Waals surface area contributed by atoms with E-state index in [-0.39, 0.29) is 11.9 Å². The van der Waals surface area contributed by atoms with E-state index in [1.165, 1.54) is 7.11 Å². The van der Waals surface area contributed by atoms with Gasteiger partial charge in [0, 0.05) is 11.6 Å². The lowest BCUT2D eigenvalue weighted by Gasteiger charge is -2.27. The van der Waals surface area contributed by atoms with Crippen LogP contribution in [-0.2, 0) is 4.79 Å². The second-order valence-electron chi connectivity index (χ2n) is 5.89. The van der Waals surface area contributed by atoms with Gasteiger partial charge >= 0.3 is 0 Å². The number of benzene rings is 1. The molecule has 25 heavy (non-hydrogen) atoms. The average Bonchev–Trinajstić information content (AvgIpc) is 2.62. The highest BCUT2D eigenvalue weighted by Gasteiger charge is 2.28. The molecule has 0 heterocycles. The van der Waals surface area contributed by atoms with Crippen LogP contribution in [0.15, 0.2) is 30.4 Å². The monoisotopic (exact) mass is 347 g/mol. The molecule has 136 valence electrons. The first kappa shape index (κ1) is 18.8. The van der Waals surface area contributed by atoms with Crippen molar-refractivity contribution in [3.8, 4) is 11.5 Å². The third-order valence-corrected chi connectivity index (χ3v) is 4.15. The molecule has 2 rings (SSSR count). The predicted molar refractivity (Wildman–Crippen MR) is 94.5 cm³/mol. The zero-order chi connectivity index (χ0) is 18.2. The second-order valence-corrected chi connectivity index (χ2v) is 5.89. The molecule has 0 aromatic heterocycles. The van der Waals surface area contributed by atoms with Crippen LogP contribution in [0.4, 0.5) is 0 Å². The van der Waals surface area contributed by atoms with Crippen molar-refractivity contribution in [2.75, 3.05) is 20.3 Å². The highest BCUT2D eigenvalue weighted by atomic mass is 16.5. The Kier molecular flexibility index (Phi) is 6.82. The Balaban J connectivity index is 2.11. The molecular formula is C18H25N3O4. The van der Waals surface area contributed by atoms with E-state index in [1.807, 2.05) is 12.2 Å². The molecular weight excluding hydrogens is 322 g/mol. The topological polar surface area (TPSA) is 117 Å². The Hall–Kier alpha value is -2.54. The summed E-state index contributed by atoms with van der Waals surface area (Å²) in [6.07, 6.45) is 5.68. The lowest BCUT2D eigenvalue weighted by Crippen LogP contribution is -2.46. The van der Waals surface area contributed by atoms with Gasteiger partial charge in [0.25, 0.3) is 5.91 Å². The van der Waals surface area contributed by atoms with Crippen molar-refractivity contribution in [3.05, 3.63) is 35.9 Å². The third kappa shape index (κ3) is 4.96. The van der Waals surface area contributed by atoms with Crippen LogP contribution in [0.25, 0.3) is 0 Å². The maximum absolute atomic E-state index is 12.6. The molecule has 0 unspecified atom stereocenters. The Morgan fingerprint density at radius 1 is 1.24 bits per heavy atom. The van der Waals surface area contributed by atoms with Crippen molar-refractivity contribution >= 4 is 11.8 Å². The van der Waals surface area contributed by atoms with Crippen molar-refractivity contribution < 1.29 is 19.1 Å². The second kappa shape index (κ2) is 9.08. The van der Waals surface area contributed by atoms with Crippen molar-refractivity contribution in [1.29, 1.82) is 0 Å². The molecule has 0 saturated carbocycles. The number of rotatable bonds is 8. The number of ether oxygens (including phenoxy) is 2. The van der Waals surface area contributed by atoms with Crippen LogP contribution in [0, 0.1) is 5.92 Å². The fourth-order valence-corrected chi connectivity index (χ4v) is 2.74. The third-order valence-electron chi connectivity index (χ3n) is 4.15. The number of nitrogens with two attached hydrogens (primary N) is 2. The van der Waals surface area contributed by atoms with Gasteiger partial charge in [-0.15, -0.1) is 0 Å². The van der Waals surface area contributed by atoms with Crippen molar-refractivity contribution in [3.63, 3.8) is 0 Å². The largest absolute Gasteiger partial charge is 0.493 e. The number of allylic oxidation sites excluding steroid dienone is 1. The Morgan fingerprint density at radius 2 is 2.00 bits per heavy atom. The molecule has 0 saturated heterocycles. The number of carbonyl (C=O) groups excluding carboxylic acids is 2. The summed E-state index contributed by atoms with van der Waals surface area (Å²) in [6, 6.07) is 4.66. The highest BCUT2D eigenvalue weighted by Crippen LogP contribution is 2.28. The molecule has 0 fully saturated rings. The minimum Gasteiger partial charge on any atom is -0.493 e. The molecule has 2 amide bonds. The summed E-state index contributed by atoms with van der Waals surface area (Å²) in [5, 5.41) is 2.89. The molecule has 0 aliphatic heterocycles. The summed E-state index contributed by atoms with van der Waals surface area (Å²) < 4.78 is 10.9. The molecule has 2 atom stereocenters. The van der Waals surface area contributed by atoms with Crippen molar-refractivity contribution in [2.24, 2.45) is 17.4 Å². The SMILES string of the molecule is COc1ccc(C(=O)N[C@@H]2CC=CC[C@H]2C(N)=O)cc1OCCCN. The number of hydrogen-bond acceptors (Lipinski definition) is 5. The Labute approximate surface area is 147 Å². The maximum Gasteiger partial charge on any atom is 0.251 e. The van der Waals surface area contributed by atoms with Crippen molar-refractivity contribution in [1.82, 2.24) is 5.32 Å². The van der Waals surface area contributed by atoms with Crippen LogP contribution in [-0.4, -0.2) is 38.1 Å². The summed E-state index contributed by atoms with van der Waals surface area (Å²) in [6.45, 7) is 0.960. The Bertz CT molecular complexity index is 645. The number of primary amides is 1. The number of carbonyl (C=O) groups is 2. The molecule has 1 aromatic rings. The lowest BCUT2D eigenvalue weighted by molar-refractivity contribution is -0.122. The molecule has 1 aromatic carbocycles. The van der Waals surface area contributed by atoms with Gasteiger partial charge < -0.3 is 26.3 Å². The van der Waals surface area contributed by atoms with Crippen LogP contribution in [0.5, 0.6) is 11.5 Å². The van der Waals surface area contributed by atoms with Gasteiger partial charge in [-0.2, -0.15) is 0 Å². The van der Waals surface area contributed by atoms with Crippen LogP contribution < -0.4 is 26.3 Å². The van der Waals surface area contributed by atoms with Gasteiger partial charge in [0.1, 0.15) is 0 Å². The molecule has 0 radical (unpaired) electrons. The first-order valence-electron chi connectivity index (χ1n) is 8.33. The molecule has 0 bridgehead atoms. The highest BCUT2D eigenvalue weighted by molar-refractivity contribution is 5.95. The number of amides is 2. The smallest absolute Gasteiger partial charge is 0.251 e. The number of hydrogen-bond donors (Lipinski definition) is 3. The first-order valence-corrected chi connectivity index (χ1v) is 8.33. The van der Waals surface area contributed by atoms with E-state index >= 15 is 0 Å². The predicted octanol–water partition coefficient (Wildman–Crippen LogP) is 0.973. The summed E-state index contributed by atoms with van der Waals surface area (Å²) in [5.74, 6) is -0.0525.